The number of anilines is 3. The molecule has 2 fully saturated rings. The number of nitrogen functional groups attached to an aromatic ring is 1. The summed E-state index contributed by atoms with van der Waals surface area (Å²) in [5, 5.41) is 17.5. The van der Waals surface area contributed by atoms with Crippen molar-refractivity contribution < 1.29 is 18.7 Å². The number of rotatable bonds is 5. The van der Waals surface area contributed by atoms with E-state index in [0.29, 0.717) is 25.9 Å². The topological polar surface area (TPSA) is 128 Å². The molecule has 3 aromatic rings. The molecule has 5 heterocycles. The number of nitrogens with two attached hydrogens (primary N) is 1. The Hall–Kier alpha value is -3.42. The van der Waals surface area contributed by atoms with E-state index in [-0.39, 0.29) is 34.3 Å². The number of pyridine rings is 1. The number of aliphatic hydroxyl groups is 1. The van der Waals surface area contributed by atoms with Crippen molar-refractivity contribution in [3.8, 4) is 0 Å². The zero-order chi connectivity index (χ0) is 25.4. The Bertz CT molecular complexity index is 1250. The van der Waals surface area contributed by atoms with Crippen LogP contribution in [0.15, 0.2) is 24.8 Å². The number of nitrogens with one attached hydrogen (secondary N) is 1. The molecule has 2 aliphatic heterocycles. The molecule has 1 unspecified atom stereocenters. The van der Waals surface area contributed by atoms with E-state index in [4.69, 9.17) is 5.73 Å². The number of aliphatic hydroxyl groups excluding tert-OH is 1. The lowest BCUT2D eigenvalue weighted by molar-refractivity contribution is -0.0640. The summed E-state index contributed by atoms with van der Waals surface area (Å²) in [5.74, 6) is -1.91. The number of halogens is 2. The van der Waals surface area contributed by atoms with E-state index in [2.05, 4.69) is 37.2 Å². The molecule has 0 radical (unpaired) electrons. The van der Waals surface area contributed by atoms with Gasteiger partial charge in [0.05, 0.1) is 30.5 Å². The molecular weight excluding hydrogens is 472 g/mol. The molecule has 5 rings (SSSR count). The van der Waals surface area contributed by atoms with Crippen LogP contribution in [0.25, 0.3) is 5.65 Å². The normalized spacial score (nSPS) is 19.1. The summed E-state index contributed by atoms with van der Waals surface area (Å²) in [7, 11) is 2.07. The first-order chi connectivity index (χ1) is 17.3. The van der Waals surface area contributed by atoms with Gasteiger partial charge >= 0.3 is 0 Å². The second-order valence-electron chi connectivity index (χ2n) is 9.35. The summed E-state index contributed by atoms with van der Waals surface area (Å²) in [6.45, 7) is 4.51. The number of carbonyl (C=O) groups excluding carboxylic acids is 1. The molecule has 2 saturated heterocycles. The first-order valence-corrected chi connectivity index (χ1v) is 11.9. The smallest absolute Gasteiger partial charge is 0.263 e. The zero-order valence-electron chi connectivity index (χ0n) is 19.9. The van der Waals surface area contributed by atoms with Crippen LogP contribution in [0.4, 0.5) is 26.0 Å². The Labute approximate surface area is 206 Å². The summed E-state index contributed by atoms with van der Waals surface area (Å²) in [5.41, 5.74) is 6.33. The molecular formula is C23H29F2N9O2. The third-order valence-corrected chi connectivity index (χ3v) is 7.01. The van der Waals surface area contributed by atoms with E-state index in [0.717, 1.165) is 49.3 Å². The molecule has 1 atom stereocenters. The minimum Gasteiger partial charge on any atom is -0.381 e. The number of likely N-dealkylation sites (N-methyl/N-ethyl adjacent to an activating group) is 1. The van der Waals surface area contributed by atoms with E-state index < -0.39 is 23.8 Å². The highest BCUT2D eigenvalue weighted by atomic mass is 19.1. The minimum absolute atomic E-state index is 0.0424. The second kappa shape index (κ2) is 9.91. The Morgan fingerprint density at radius 1 is 1.14 bits per heavy atom. The van der Waals surface area contributed by atoms with Crippen LogP contribution in [-0.2, 0) is 0 Å². The quantitative estimate of drug-likeness (QED) is 0.469. The van der Waals surface area contributed by atoms with E-state index in [9.17, 15) is 18.7 Å². The van der Waals surface area contributed by atoms with Crippen LogP contribution < -0.4 is 16.0 Å². The highest BCUT2D eigenvalue weighted by molar-refractivity contribution is 6.12. The number of fused-ring (bicyclic) bond motifs is 1. The Morgan fingerprint density at radius 2 is 1.86 bits per heavy atom. The zero-order valence-corrected chi connectivity index (χ0v) is 19.9. The lowest BCUT2D eigenvalue weighted by Crippen LogP contribution is -2.53. The third-order valence-electron chi connectivity index (χ3n) is 7.01. The highest BCUT2D eigenvalue weighted by Crippen LogP contribution is 2.34. The van der Waals surface area contributed by atoms with Crippen LogP contribution in [0.3, 0.4) is 0 Å². The van der Waals surface area contributed by atoms with E-state index in [1.807, 2.05) is 4.90 Å². The predicted octanol–water partition coefficient (Wildman–Crippen LogP) is 1.02. The number of piperazine rings is 1. The van der Waals surface area contributed by atoms with E-state index in [1.54, 1.807) is 0 Å². The van der Waals surface area contributed by atoms with Gasteiger partial charge in [-0.1, -0.05) is 0 Å². The molecule has 0 aromatic carbocycles. The maximum absolute atomic E-state index is 15.0. The van der Waals surface area contributed by atoms with Gasteiger partial charge in [0, 0.05) is 45.2 Å². The summed E-state index contributed by atoms with van der Waals surface area (Å²) in [4.78, 5) is 27.1. The van der Waals surface area contributed by atoms with Crippen molar-refractivity contribution in [2.24, 2.45) is 5.92 Å². The summed E-state index contributed by atoms with van der Waals surface area (Å²) in [6, 6.07) is 0. The molecule has 13 heteroatoms. The predicted molar refractivity (Wildman–Crippen MR) is 130 cm³/mol. The van der Waals surface area contributed by atoms with Crippen molar-refractivity contribution in [3.63, 3.8) is 0 Å². The first kappa shape index (κ1) is 24.3. The van der Waals surface area contributed by atoms with Crippen LogP contribution in [-0.4, -0.2) is 92.9 Å². The Balaban J connectivity index is 1.31. The van der Waals surface area contributed by atoms with Gasteiger partial charge in [0.25, 0.3) is 5.91 Å². The van der Waals surface area contributed by atoms with E-state index in [1.165, 1.54) is 6.20 Å². The Kier molecular flexibility index (Phi) is 6.69. The average Bonchev–Trinajstić information content (AvgIpc) is 3.19. The second-order valence-corrected chi connectivity index (χ2v) is 9.35. The maximum atomic E-state index is 15.0. The van der Waals surface area contributed by atoms with Crippen molar-refractivity contribution in [1.29, 1.82) is 0 Å². The van der Waals surface area contributed by atoms with Crippen molar-refractivity contribution in [3.05, 3.63) is 42.0 Å². The number of hydrogen-bond acceptors (Lipinski definition) is 9. The molecule has 192 valence electrons. The fourth-order valence-corrected chi connectivity index (χ4v) is 4.98. The lowest BCUT2D eigenvalue weighted by Gasteiger charge is -2.42. The number of aromatic nitrogens is 4. The van der Waals surface area contributed by atoms with Gasteiger partial charge in [-0.25, -0.2) is 18.3 Å². The van der Waals surface area contributed by atoms with Gasteiger partial charge in [-0.05, 0) is 19.9 Å². The molecule has 36 heavy (non-hydrogen) atoms. The van der Waals surface area contributed by atoms with Crippen molar-refractivity contribution in [1.82, 2.24) is 29.4 Å². The fraction of sp³-hybridized carbons (Fsp3) is 0.478. The molecule has 0 aliphatic carbocycles. The van der Waals surface area contributed by atoms with Crippen LogP contribution >= 0.6 is 0 Å². The monoisotopic (exact) mass is 501 g/mol. The first-order valence-electron chi connectivity index (χ1n) is 11.9. The number of hydrogen-bond donors (Lipinski definition) is 3. The number of piperidine rings is 1. The van der Waals surface area contributed by atoms with Crippen LogP contribution in [0.5, 0.6) is 0 Å². The van der Waals surface area contributed by atoms with Gasteiger partial charge in [-0.2, -0.15) is 0 Å². The minimum atomic E-state index is -0.657. The van der Waals surface area contributed by atoms with Crippen molar-refractivity contribution >= 4 is 28.7 Å². The molecule has 3 aromatic heterocycles. The molecule has 11 nitrogen and oxygen atoms in total. The molecule has 4 N–H and O–H groups in total. The van der Waals surface area contributed by atoms with Crippen LogP contribution in [0.2, 0.25) is 0 Å². The number of carbonyl (C=O) groups is 1. The van der Waals surface area contributed by atoms with Crippen molar-refractivity contribution in [2.75, 3.05) is 62.3 Å². The van der Waals surface area contributed by atoms with E-state index >= 15 is 0 Å². The molecule has 0 bridgehead atoms. The van der Waals surface area contributed by atoms with Crippen molar-refractivity contribution in [2.45, 2.75) is 19.1 Å². The van der Waals surface area contributed by atoms with Gasteiger partial charge in [0.2, 0.25) is 0 Å². The molecule has 1 amide bonds. The van der Waals surface area contributed by atoms with Gasteiger partial charge in [0.1, 0.15) is 17.5 Å². The standard InChI is InChI=1S/C23H29F2N9O2/c1-31-6-8-33(9-7-31)23(36)14-2-4-32(5-3-14)19-16(25)11-27-12-17(19)29-22(35)18-20(26)30-34-13-15(24)10-28-21(18)34/h10-14,23,36H,2-9H2,1H3,(H2,26,30)(H,29,35). The SMILES string of the molecule is CN1CCN(C(O)C2CCN(c3c(F)cncc3NC(=O)c3c(N)nn4cc(F)cnc34)CC2)CC1. The summed E-state index contributed by atoms with van der Waals surface area (Å²) < 4.78 is 29.5. The number of amides is 1. The van der Waals surface area contributed by atoms with Gasteiger partial charge in [0.15, 0.2) is 23.1 Å². The van der Waals surface area contributed by atoms with Gasteiger partial charge in [-0.15, -0.1) is 5.10 Å². The third kappa shape index (κ3) is 4.68. The van der Waals surface area contributed by atoms with Crippen LogP contribution in [0.1, 0.15) is 23.2 Å². The summed E-state index contributed by atoms with van der Waals surface area (Å²) in [6.07, 6.45) is 5.33. The van der Waals surface area contributed by atoms with Gasteiger partial charge < -0.3 is 26.0 Å². The highest BCUT2D eigenvalue weighted by Gasteiger charge is 2.32. The largest absolute Gasteiger partial charge is 0.381 e. The van der Waals surface area contributed by atoms with Gasteiger partial charge in [-0.3, -0.25) is 14.7 Å². The van der Waals surface area contributed by atoms with Crippen LogP contribution in [0, 0.1) is 17.6 Å². The fourth-order valence-electron chi connectivity index (χ4n) is 4.98. The maximum Gasteiger partial charge on any atom is 0.263 e. The average molecular weight is 502 g/mol. The number of nitrogens with zero attached hydrogens (tertiary/aromatic N) is 7. The Morgan fingerprint density at radius 3 is 2.58 bits per heavy atom. The lowest BCUT2D eigenvalue weighted by atomic mass is 9.93. The summed E-state index contributed by atoms with van der Waals surface area (Å²) >= 11 is 0. The molecule has 2 aliphatic rings. The molecule has 0 spiro atoms. The molecule has 0 saturated carbocycles.